The van der Waals surface area contributed by atoms with Crippen molar-refractivity contribution in [2.75, 3.05) is 44.6 Å². The fourth-order valence-electron chi connectivity index (χ4n) is 2.74. The number of benzene rings is 1. The van der Waals surface area contributed by atoms with Crippen LogP contribution in [0.3, 0.4) is 0 Å². The summed E-state index contributed by atoms with van der Waals surface area (Å²) in [5.41, 5.74) is 0.700. The molecule has 3 rings (SSSR count). The van der Waals surface area contributed by atoms with Crippen molar-refractivity contribution in [3.05, 3.63) is 18.2 Å². The van der Waals surface area contributed by atoms with Gasteiger partial charge in [0.25, 0.3) is 0 Å². The van der Waals surface area contributed by atoms with Gasteiger partial charge in [-0.05, 0) is 12.1 Å². The van der Waals surface area contributed by atoms with Crippen LogP contribution in [0.2, 0.25) is 0 Å². The average Bonchev–Trinajstić information content (AvgIpc) is 3.20. The van der Waals surface area contributed by atoms with Gasteiger partial charge in [0.2, 0.25) is 18.6 Å². The first-order chi connectivity index (χ1) is 11.7. The van der Waals surface area contributed by atoms with Gasteiger partial charge in [0, 0.05) is 31.3 Å². The zero-order valence-electron chi connectivity index (χ0n) is 13.2. The zero-order valence-corrected chi connectivity index (χ0v) is 13.2. The molecule has 8 heteroatoms. The highest BCUT2D eigenvalue weighted by molar-refractivity contribution is 6.00. The van der Waals surface area contributed by atoms with Gasteiger partial charge in [-0.15, -0.1) is 0 Å². The number of hydrogen-bond acceptors (Lipinski definition) is 6. The van der Waals surface area contributed by atoms with Crippen molar-refractivity contribution in [1.29, 1.82) is 0 Å². The second kappa shape index (κ2) is 7.50. The third-order valence-electron chi connectivity index (χ3n) is 3.94. The summed E-state index contributed by atoms with van der Waals surface area (Å²) in [5.74, 6) is 0.613. The molecule has 1 unspecified atom stereocenters. The van der Waals surface area contributed by atoms with Gasteiger partial charge in [-0.2, -0.15) is 0 Å². The number of nitrogens with zero attached hydrogens (tertiary/aromatic N) is 1. The molecule has 0 bridgehead atoms. The predicted octanol–water partition coefficient (Wildman–Crippen LogP) is -0.107. The maximum Gasteiger partial charge on any atom is 0.231 e. The molecule has 1 atom stereocenters. The lowest BCUT2D eigenvalue weighted by Crippen LogP contribution is -2.35. The van der Waals surface area contributed by atoms with Crippen LogP contribution in [0.25, 0.3) is 0 Å². The van der Waals surface area contributed by atoms with Gasteiger partial charge >= 0.3 is 0 Å². The Hall–Kier alpha value is -2.32. The first-order valence-corrected chi connectivity index (χ1v) is 7.85. The number of aliphatic hydroxyl groups excluding tert-OH is 1. The lowest BCUT2D eigenvalue weighted by molar-refractivity contribution is -0.126. The smallest absolute Gasteiger partial charge is 0.231 e. The molecule has 1 aromatic rings. The number of amides is 2. The van der Waals surface area contributed by atoms with Crippen LogP contribution in [-0.4, -0.2) is 56.6 Å². The Bertz CT molecular complexity index is 621. The second-order valence-electron chi connectivity index (χ2n) is 5.57. The van der Waals surface area contributed by atoms with Crippen molar-refractivity contribution in [3.8, 4) is 11.5 Å². The molecule has 0 radical (unpaired) electrons. The van der Waals surface area contributed by atoms with Gasteiger partial charge in [0.1, 0.15) is 0 Å². The molecule has 1 fully saturated rings. The number of hydrogen-bond donors (Lipinski definition) is 2. The molecule has 2 aliphatic rings. The van der Waals surface area contributed by atoms with Crippen LogP contribution in [0, 0.1) is 5.92 Å². The molecule has 2 heterocycles. The minimum Gasteiger partial charge on any atom is -0.454 e. The number of ether oxygens (including phenoxy) is 3. The van der Waals surface area contributed by atoms with E-state index in [0.717, 1.165) is 0 Å². The Morgan fingerprint density at radius 1 is 1.33 bits per heavy atom. The summed E-state index contributed by atoms with van der Waals surface area (Å²) in [4.78, 5) is 26.0. The number of fused-ring (bicyclic) bond motifs is 1. The summed E-state index contributed by atoms with van der Waals surface area (Å²) in [7, 11) is 0. The van der Waals surface area contributed by atoms with E-state index < -0.39 is 0 Å². The molecule has 2 amide bonds. The first kappa shape index (κ1) is 16.5. The molecule has 2 aliphatic heterocycles. The van der Waals surface area contributed by atoms with Crippen LogP contribution in [0.5, 0.6) is 11.5 Å². The molecule has 0 aromatic heterocycles. The number of nitrogens with one attached hydrogen (secondary N) is 1. The first-order valence-electron chi connectivity index (χ1n) is 7.85. The molecule has 8 nitrogen and oxygen atoms in total. The highest BCUT2D eigenvalue weighted by Crippen LogP contribution is 2.37. The predicted molar refractivity (Wildman–Crippen MR) is 83.9 cm³/mol. The van der Waals surface area contributed by atoms with Crippen molar-refractivity contribution in [2.24, 2.45) is 5.92 Å². The number of rotatable bonds is 7. The Morgan fingerprint density at radius 3 is 3.00 bits per heavy atom. The lowest BCUT2D eigenvalue weighted by atomic mass is 10.1. The summed E-state index contributed by atoms with van der Waals surface area (Å²) in [5, 5.41) is 11.3. The standard InChI is InChI=1S/C16H20N2O6/c19-4-6-22-5-3-17-16(21)11-7-15(20)18(9-11)12-1-2-13-14(8-12)24-10-23-13/h1-2,8,11,19H,3-7,9-10H2,(H,17,21). The van der Waals surface area contributed by atoms with E-state index in [9.17, 15) is 9.59 Å². The molecule has 0 aliphatic carbocycles. The monoisotopic (exact) mass is 336 g/mol. The van der Waals surface area contributed by atoms with Crippen molar-refractivity contribution >= 4 is 17.5 Å². The lowest BCUT2D eigenvalue weighted by Gasteiger charge is -2.17. The molecular formula is C16H20N2O6. The van der Waals surface area contributed by atoms with Crippen LogP contribution in [0.1, 0.15) is 6.42 Å². The highest BCUT2D eigenvalue weighted by atomic mass is 16.7. The van der Waals surface area contributed by atoms with Crippen LogP contribution >= 0.6 is 0 Å². The SMILES string of the molecule is O=C(NCCOCCO)C1CC(=O)N(c2ccc3c(c2)OCO3)C1. The summed E-state index contributed by atoms with van der Waals surface area (Å²) in [6.45, 7) is 1.40. The quantitative estimate of drug-likeness (QED) is 0.675. The van der Waals surface area contributed by atoms with Crippen LogP contribution < -0.4 is 19.7 Å². The van der Waals surface area contributed by atoms with Gasteiger partial charge in [0.15, 0.2) is 11.5 Å². The van der Waals surface area contributed by atoms with E-state index in [1.807, 2.05) is 0 Å². The largest absolute Gasteiger partial charge is 0.454 e. The third-order valence-corrected chi connectivity index (χ3v) is 3.94. The van der Waals surface area contributed by atoms with Crippen molar-refractivity contribution in [2.45, 2.75) is 6.42 Å². The van der Waals surface area contributed by atoms with E-state index in [0.29, 0.717) is 36.9 Å². The van der Waals surface area contributed by atoms with Gasteiger partial charge in [0.05, 0.1) is 25.7 Å². The molecule has 2 N–H and O–H groups in total. The normalized spacial score (nSPS) is 19.0. The zero-order chi connectivity index (χ0) is 16.9. The van der Waals surface area contributed by atoms with Crippen molar-refractivity contribution in [3.63, 3.8) is 0 Å². The van der Waals surface area contributed by atoms with Crippen LogP contribution in [-0.2, 0) is 14.3 Å². The Kier molecular flexibility index (Phi) is 5.17. The topological polar surface area (TPSA) is 97.3 Å². The minimum atomic E-state index is -0.388. The Morgan fingerprint density at radius 2 is 2.17 bits per heavy atom. The summed E-state index contributed by atoms with van der Waals surface area (Å²) < 4.78 is 15.7. The highest BCUT2D eigenvalue weighted by Gasteiger charge is 2.35. The van der Waals surface area contributed by atoms with E-state index in [4.69, 9.17) is 19.3 Å². The maximum atomic E-state index is 12.2. The fraction of sp³-hybridized carbons (Fsp3) is 0.500. The molecule has 0 saturated carbocycles. The molecule has 130 valence electrons. The van der Waals surface area contributed by atoms with Crippen molar-refractivity contribution < 1.29 is 28.9 Å². The van der Waals surface area contributed by atoms with E-state index >= 15 is 0 Å². The van der Waals surface area contributed by atoms with E-state index in [2.05, 4.69) is 5.32 Å². The van der Waals surface area contributed by atoms with Crippen molar-refractivity contribution in [1.82, 2.24) is 5.32 Å². The van der Waals surface area contributed by atoms with E-state index in [-0.39, 0.29) is 44.2 Å². The molecule has 1 aromatic carbocycles. The maximum absolute atomic E-state index is 12.2. The number of aliphatic hydroxyl groups is 1. The molecule has 24 heavy (non-hydrogen) atoms. The van der Waals surface area contributed by atoms with E-state index in [1.165, 1.54) is 0 Å². The van der Waals surface area contributed by atoms with Gasteiger partial charge in [-0.25, -0.2) is 0 Å². The van der Waals surface area contributed by atoms with Crippen LogP contribution in [0.4, 0.5) is 5.69 Å². The third kappa shape index (κ3) is 3.60. The van der Waals surface area contributed by atoms with Gasteiger partial charge in [-0.3, -0.25) is 9.59 Å². The summed E-state index contributed by atoms with van der Waals surface area (Å²) in [6.07, 6.45) is 0.178. The number of carbonyl (C=O) groups is 2. The molecular weight excluding hydrogens is 316 g/mol. The Labute approximate surface area is 139 Å². The van der Waals surface area contributed by atoms with Crippen LogP contribution in [0.15, 0.2) is 18.2 Å². The average molecular weight is 336 g/mol. The fourth-order valence-corrected chi connectivity index (χ4v) is 2.74. The van der Waals surface area contributed by atoms with E-state index in [1.54, 1.807) is 23.1 Å². The molecule has 1 saturated heterocycles. The Balaban J connectivity index is 1.54. The minimum absolute atomic E-state index is 0.0461. The second-order valence-corrected chi connectivity index (χ2v) is 5.57. The molecule has 0 spiro atoms. The number of anilines is 1. The number of carbonyl (C=O) groups excluding carboxylic acids is 2. The summed E-state index contributed by atoms with van der Waals surface area (Å²) in [6, 6.07) is 5.30. The van der Waals surface area contributed by atoms with Gasteiger partial charge in [-0.1, -0.05) is 0 Å². The summed E-state index contributed by atoms with van der Waals surface area (Å²) >= 11 is 0. The van der Waals surface area contributed by atoms with Gasteiger partial charge < -0.3 is 29.5 Å².